The van der Waals surface area contributed by atoms with Crippen LogP contribution in [-0.2, 0) is 40.9 Å². The topological polar surface area (TPSA) is 169 Å². The van der Waals surface area contributed by atoms with E-state index in [1.54, 1.807) is 0 Å². The fourth-order valence-corrected chi connectivity index (χ4v) is 7.32. The van der Waals surface area contributed by atoms with E-state index in [0.717, 1.165) is 28.5 Å². The molecule has 0 unspecified atom stereocenters. The number of carbonyl (C=O) groups excluding carboxylic acids is 3. The number of nitrogens with one attached hydrogen (secondary N) is 1. The minimum absolute atomic E-state index is 0. The molecular formula is C33H30N7NaO7S. The maximum atomic E-state index is 13.4. The summed E-state index contributed by atoms with van der Waals surface area (Å²) in [5.41, 5.74) is 3.51. The largest absolute Gasteiger partial charge is 1.00 e. The SMILES string of the molecule is CC(=O)N1C[C@H]2OC(CSc3nnnn3CC(=O)NOC(c3ccccc3)(c3ccccc3)c3ccccc3)=C(C(=O)O)N3C(=O)[C@@H]1[C@@H]23.[H-].[Na+]. The molecule has 16 heteroatoms. The molecule has 0 spiro atoms. The Morgan fingerprint density at radius 3 is 2.10 bits per heavy atom. The fraction of sp³-hybridized carbons (Fsp3) is 0.242. The molecule has 2 fully saturated rings. The van der Waals surface area contributed by atoms with Crippen LogP contribution < -0.4 is 35.0 Å². The van der Waals surface area contributed by atoms with Crippen molar-refractivity contribution in [3.8, 4) is 0 Å². The second-order valence-electron chi connectivity index (χ2n) is 11.4. The molecule has 1 aromatic heterocycles. The normalized spacial score (nSPS) is 19.4. The monoisotopic (exact) mass is 691 g/mol. The van der Waals surface area contributed by atoms with Crippen LogP contribution in [0.2, 0.25) is 0 Å². The van der Waals surface area contributed by atoms with Crippen molar-refractivity contribution in [2.75, 3.05) is 12.3 Å². The maximum Gasteiger partial charge on any atom is 1.00 e. The van der Waals surface area contributed by atoms with Gasteiger partial charge in [0, 0.05) is 6.92 Å². The molecule has 3 aliphatic rings. The van der Waals surface area contributed by atoms with Gasteiger partial charge >= 0.3 is 35.5 Å². The van der Waals surface area contributed by atoms with Crippen LogP contribution in [0.1, 0.15) is 25.0 Å². The van der Waals surface area contributed by atoms with E-state index in [0.29, 0.717) is 0 Å². The first kappa shape index (κ1) is 34.3. The van der Waals surface area contributed by atoms with E-state index in [2.05, 4.69) is 21.0 Å². The molecule has 3 aromatic carbocycles. The number of carboxylic acid groups (broad SMARTS) is 1. The number of carbonyl (C=O) groups is 4. The third-order valence-corrected chi connectivity index (χ3v) is 9.55. The van der Waals surface area contributed by atoms with Gasteiger partial charge in [0.15, 0.2) is 11.3 Å². The Labute approximate surface area is 308 Å². The number of hydroxylamine groups is 1. The van der Waals surface area contributed by atoms with Crippen molar-refractivity contribution in [2.24, 2.45) is 0 Å². The first-order chi connectivity index (χ1) is 23.3. The second kappa shape index (κ2) is 14.1. The Morgan fingerprint density at radius 1 is 1.00 bits per heavy atom. The number of amides is 3. The van der Waals surface area contributed by atoms with Crippen molar-refractivity contribution in [1.29, 1.82) is 0 Å². The van der Waals surface area contributed by atoms with Gasteiger partial charge in [0.1, 0.15) is 30.5 Å². The molecule has 0 radical (unpaired) electrons. The standard InChI is InChI=1S/C33H29N7O7S.Na.H/c1-20(41)38-17-24-27-29(38)30(43)40(27)28(31(44)45)25(46-24)19-48-32-34-36-37-39(32)18-26(42)35-47-33(21-11-5-2-6-12-21,22-13-7-3-8-14-22)23-15-9-4-10-16-23;;/h2-16,24,27,29H,17-19H2,1H3,(H,35,42)(H,44,45);;/q;+1;-1/t24-,27-,29+;;/m1../s1. The Balaban J connectivity index is 0.00000243. The number of thioether (sulfide) groups is 1. The smallest absolute Gasteiger partial charge is 1.00 e. The van der Waals surface area contributed by atoms with Crippen molar-refractivity contribution in [3.63, 3.8) is 0 Å². The first-order valence-electron chi connectivity index (χ1n) is 15.1. The molecule has 3 amide bonds. The fourth-order valence-electron chi connectivity index (χ4n) is 6.51. The summed E-state index contributed by atoms with van der Waals surface area (Å²) in [6.45, 7) is 1.21. The number of β-lactam (4-membered cyclic amide) rings is 1. The van der Waals surface area contributed by atoms with E-state index in [1.165, 1.54) is 21.4 Å². The van der Waals surface area contributed by atoms with Crippen LogP contribution >= 0.6 is 11.8 Å². The molecule has 49 heavy (non-hydrogen) atoms. The number of aromatic nitrogens is 4. The molecule has 4 aromatic rings. The molecule has 0 saturated carbocycles. The van der Waals surface area contributed by atoms with Crippen LogP contribution in [-0.4, -0.2) is 89.3 Å². The van der Waals surface area contributed by atoms with Gasteiger partial charge in [0.2, 0.25) is 11.1 Å². The Hall–Kier alpha value is -4.54. The van der Waals surface area contributed by atoms with Crippen LogP contribution in [0.3, 0.4) is 0 Å². The van der Waals surface area contributed by atoms with Gasteiger partial charge < -0.3 is 16.2 Å². The number of hydrogen-bond acceptors (Lipinski definition) is 10. The first-order valence-corrected chi connectivity index (χ1v) is 16.0. The number of nitrogens with zero attached hydrogens (tertiary/aromatic N) is 6. The van der Waals surface area contributed by atoms with E-state index >= 15 is 0 Å². The van der Waals surface area contributed by atoms with Crippen LogP contribution in [0.15, 0.2) is 108 Å². The zero-order valence-corrected chi connectivity index (χ0v) is 29.3. The molecule has 2 N–H and O–H groups in total. The van der Waals surface area contributed by atoms with Gasteiger partial charge in [0.05, 0.1) is 12.3 Å². The average Bonchev–Trinajstić information content (AvgIpc) is 3.71. The quantitative estimate of drug-likeness (QED) is 0.0655. The predicted octanol–water partition coefficient (Wildman–Crippen LogP) is -0.942. The summed E-state index contributed by atoms with van der Waals surface area (Å²) in [6, 6.07) is 27.4. The van der Waals surface area contributed by atoms with Gasteiger partial charge in [0.25, 0.3) is 11.8 Å². The molecule has 7 rings (SSSR count). The van der Waals surface area contributed by atoms with E-state index < -0.39 is 41.6 Å². The van der Waals surface area contributed by atoms with Crippen molar-refractivity contribution in [3.05, 3.63) is 119 Å². The van der Waals surface area contributed by atoms with Crippen LogP contribution in [0.4, 0.5) is 0 Å². The van der Waals surface area contributed by atoms with Crippen LogP contribution in [0, 0.1) is 0 Å². The van der Waals surface area contributed by atoms with Crippen molar-refractivity contribution >= 4 is 35.5 Å². The predicted molar refractivity (Wildman–Crippen MR) is 169 cm³/mol. The van der Waals surface area contributed by atoms with Crippen LogP contribution in [0.25, 0.3) is 0 Å². The number of carboxylic acids is 1. The number of aliphatic carboxylic acids is 1. The van der Waals surface area contributed by atoms with Gasteiger partial charge in [-0.25, -0.2) is 15.0 Å². The summed E-state index contributed by atoms with van der Waals surface area (Å²) in [5.74, 6) is -2.62. The number of rotatable bonds is 11. The van der Waals surface area contributed by atoms with E-state index in [4.69, 9.17) is 9.57 Å². The Morgan fingerprint density at radius 2 is 1.57 bits per heavy atom. The van der Waals surface area contributed by atoms with E-state index in [9.17, 15) is 24.3 Å². The maximum absolute atomic E-state index is 13.4. The second-order valence-corrected chi connectivity index (χ2v) is 12.3. The molecule has 3 aliphatic heterocycles. The van der Waals surface area contributed by atoms with Gasteiger partial charge in [-0.2, -0.15) is 0 Å². The summed E-state index contributed by atoms with van der Waals surface area (Å²) >= 11 is 1.04. The molecule has 14 nitrogen and oxygen atoms in total. The molecular weight excluding hydrogens is 661 g/mol. The zero-order chi connectivity index (χ0) is 33.4. The molecule has 0 bridgehead atoms. The summed E-state index contributed by atoms with van der Waals surface area (Å²) in [4.78, 5) is 59.6. The minimum Gasteiger partial charge on any atom is -1.00 e. The zero-order valence-electron chi connectivity index (χ0n) is 27.5. The van der Waals surface area contributed by atoms with Gasteiger partial charge in [-0.3, -0.25) is 24.1 Å². The summed E-state index contributed by atoms with van der Waals surface area (Å²) in [6.07, 6.45) is -0.562. The molecule has 2 saturated heterocycles. The third-order valence-electron chi connectivity index (χ3n) is 8.59. The van der Waals surface area contributed by atoms with Gasteiger partial charge in [-0.05, 0) is 27.1 Å². The molecule has 0 aliphatic carbocycles. The molecule has 3 atom stereocenters. The third kappa shape index (κ3) is 6.12. The summed E-state index contributed by atoms with van der Waals surface area (Å²) in [5, 5.41) is 21.8. The Kier molecular flexibility index (Phi) is 9.90. The van der Waals surface area contributed by atoms with Crippen molar-refractivity contribution in [2.45, 2.75) is 42.4 Å². The van der Waals surface area contributed by atoms with Gasteiger partial charge in [-0.1, -0.05) is 103 Å². The minimum atomic E-state index is -1.33. The number of benzene rings is 3. The van der Waals surface area contributed by atoms with Crippen LogP contribution in [0.5, 0.6) is 0 Å². The van der Waals surface area contributed by atoms with E-state index in [1.807, 2.05) is 91.0 Å². The van der Waals surface area contributed by atoms with Gasteiger partial charge in [-0.15, -0.1) is 5.10 Å². The van der Waals surface area contributed by atoms with Crippen molar-refractivity contribution in [1.82, 2.24) is 35.5 Å². The molecule has 4 heterocycles. The average molecular weight is 692 g/mol. The van der Waals surface area contributed by atoms with Crippen molar-refractivity contribution < 1.29 is 64.8 Å². The number of hydrogen-bond donors (Lipinski definition) is 2. The number of ether oxygens (including phenoxy) is 1. The number of tetrazole rings is 1. The van der Waals surface area contributed by atoms with E-state index in [-0.39, 0.29) is 72.3 Å². The number of likely N-dealkylation sites (tertiary alicyclic amines) is 1. The summed E-state index contributed by atoms with van der Waals surface area (Å²) < 4.78 is 7.30. The Bertz CT molecular complexity index is 1820. The summed E-state index contributed by atoms with van der Waals surface area (Å²) in [7, 11) is 0. The molecule has 246 valence electrons.